The molecule has 7 nitrogen and oxygen atoms in total. The number of rotatable bonds is 36. The Morgan fingerprint density at radius 1 is 0.527 bits per heavy atom. The molecule has 0 radical (unpaired) electrons. The average Bonchev–Trinajstić information content (AvgIpc) is 3.59. The molecule has 2 aliphatic rings. The van der Waals surface area contributed by atoms with Crippen LogP contribution in [0.15, 0.2) is 0 Å². The van der Waals surface area contributed by atoms with Gasteiger partial charge in [-0.1, -0.05) is 156 Å². The predicted octanol–water partition coefficient (Wildman–Crippen LogP) is 12.1. The molecule has 2 heterocycles. The second-order valence-corrected chi connectivity index (χ2v) is 18.0. The first kappa shape index (κ1) is 50.0. The first-order valence-corrected chi connectivity index (χ1v) is 24.3. The molecule has 7 heteroatoms. The van der Waals surface area contributed by atoms with Crippen molar-refractivity contribution >= 4 is 11.9 Å². The SMILES string of the molecule is CCCCCCCC(CCCCCCC)C(=O)OCC(COC(=O)C(CCCCCCC)CCCCCCC)N1CCC2(CCN(CCCCCO)C2)CC1. The molecule has 0 bridgehead atoms. The largest absolute Gasteiger partial charge is 0.464 e. The van der Waals surface area contributed by atoms with Gasteiger partial charge < -0.3 is 19.5 Å². The Labute approximate surface area is 341 Å². The van der Waals surface area contributed by atoms with E-state index in [1.807, 2.05) is 0 Å². The number of carbonyl (C=O) groups is 2. The highest BCUT2D eigenvalue weighted by Gasteiger charge is 2.42. The first-order valence-electron chi connectivity index (χ1n) is 24.3. The number of carbonyl (C=O) groups excluding carboxylic acids is 2. The topological polar surface area (TPSA) is 79.3 Å². The van der Waals surface area contributed by atoms with E-state index in [-0.39, 0.29) is 29.8 Å². The molecule has 2 aliphatic heterocycles. The number of likely N-dealkylation sites (tertiary alicyclic amines) is 2. The van der Waals surface area contributed by atoms with Crippen molar-refractivity contribution < 1.29 is 24.2 Å². The van der Waals surface area contributed by atoms with Gasteiger partial charge in [-0.3, -0.25) is 14.5 Å². The zero-order valence-electron chi connectivity index (χ0n) is 37.1. The third-order valence-electron chi connectivity index (χ3n) is 13.2. The summed E-state index contributed by atoms with van der Waals surface area (Å²) in [5.41, 5.74) is 0.368. The standard InChI is InChI=1S/C48H92N2O5/c1-5-9-13-17-22-28-43(29-23-18-14-10-6-2)46(52)54-40-45(50-37-33-48(34-38-50)32-36-49(42-48)35-26-21-27-39-51)41-55-47(53)44(30-24-19-15-11-7-3)31-25-20-16-12-8-4/h43-45,51H,5-42H2,1-4H3. The second-order valence-electron chi connectivity index (χ2n) is 18.0. The Balaban J connectivity index is 2.08. The van der Waals surface area contributed by atoms with Crippen LogP contribution >= 0.6 is 0 Å². The van der Waals surface area contributed by atoms with Gasteiger partial charge in [-0.15, -0.1) is 0 Å². The fourth-order valence-electron chi connectivity index (χ4n) is 9.20. The number of aliphatic hydroxyl groups excluding tert-OH is 1. The van der Waals surface area contributed by atoms with Gasteiger partial charge in [0.05, 0.1) is 17.9 Å². The van der Waals surface area contributed by atoms with Crippen LogP contribution in [0.3, 0.4) is 0 Å². The molecule has 0 aromatic carbocycles. The van der Waals surface area contributed by atoms with Crippen LogP contribution in [-0.4, -0.2) is 85.4 Å². The molecule has 324 valence electrons. The van der Waals surface area contributed by atoms with Crippen molar-refractivity contribution in [1.29, 1.82) is 0 Å². The molecule has 2 rings (SSSR count). The summed E-state index contributed by atoms with van der Waals surface area (Å²) in [5.74, 6) is -0.105. The number of unbranched alkanes of at least 4 members (excludes halogenated alkanes) is 18. The predicted molar refractivity (Wildman–Crippen MR) is 231 cm³/mol. The van der Waals surface area contributed by atoms with Gasteiger partial charge >= 0.3 is 11.9 Å². The Hall–Kier alpha value is -1.18. The summed E-state index contributed by atoms with van der Waals surface area (Å²) in [7, 11) is 0. The van der Waals surface area contributed by atoms with Crippen LogP contribution in [0, 0.1) is 17.3 Å². The molecule has 2 saturated heterocycles. The van der Waals surface area contributed by atoms with Crippen molar-refractivity contribution in [3.63, 3.8) is 0 Å². The molecule has 0 aromatic heterocycles. The van der Waals surface area contributed by atoms with E-state index in [4.69, 9.17) is 9.47 Å². The van der Waals surface area contributed by atoms with Crippen LogP contribution < -0.4 is 0 Å². The normalized spacial score (nSPS) is 16.3. The highest BCUT2D eigenvalue weighted by molar-refractivity contribution is 5.73. The second kappa shape index (κ2) is 32.7. The third-order valence-corrected chi connectivity index (χ3v) is 13.2. The van der Waals surface area contributed by atoms with Crippen molar-refractivity contribution in [3.8, 4) is 0 Å². The van der Waals surface area contributed by atoms with Crippen LogP contribution in [-0.2, 0) is 19.1 Å². The molecule has 1 N–H and O–H groups in total. The smallest absolute Gasteiger partial charge is 0.308 e. The summed E-state index contributed by atoms with van der Waals surface area (Å²) in [6.07, 6.45) is 34.6. The molecular weight excluding hydrogens is 685 g/mol. The van der Waals surface area contributed by atoms with Crippen molar-refractivity contribution in [2.45, 2.75) is 226 Å². The number of aliphatic hydroxyl groups is 1. The van der Waals surface area contributed by atoms with Gasteiger partial charge in [0.2, 0.25) is 0 Å². The minimum atomic E-state index is -0.0919. The van der Waals surface area contributed by atoms with Crippen LogP contribution in [0.25, 0.3) is 0 Å². The van der Waals surface area contributed by atoms with E-state index >= 15 is 0 Å². The maximum Gasteiger partial charge on any atom is 0.308 e. The summed E-state index contributed by atoms with van der Waals surface area (Å²) in [4.78, 5) is 32.7. The molecule has 0 amide bonds. The van der Waals surface area contributed by atoms with Crippen LogP contribution in [0.4, 0.5) is 0 Å². The molecule has 0 aromatic rings. The van der Waals surface area contributed by atoms with E-state index in [0.29, 0.717) is 25.2 Å². The molecule has 2 fully saturated rings. The first-order chi connectivity index (χ1) is 26.9. The number of esters is 2. The van der Waals surface area contributed by atoms with Crippen molar-refractivity contribution in [1.82, 2.24) is 9.80 Å². The maximum atomic E-state index is 13.8. The summed E-state index contributed by atoms with van der Waals surface area (Å²) in [5, 5.41) is 9.19. The van der Waals surface area contributed by atoms with Gasteiger partial charge in [0.15, 0.2) is 0 Å². The summed E-state index contributed by atoms with van der Waals surface area (Å²) < 4.78 is 12.5. The van der Waals surface area contributed by atoms with Gasteiger partial charge in [-0.25, -0.2) is 0 Å². The van der Waals surface area contributed by atoms with Crippen LogP contribution in [0.2, 0.25) is 0 Å². The van der Waals surface area contributed by atoms with Gasteiger partial charge in [-0.2, -0.15) is 0 Å². The van der Waals surface area contributed by atoms with Gasteiger partial charge in [0.25, 0.3) is 0 Å². The van der Waals surface area contributed by atoms with Crippen LogP contribution in [0.1, 0.15) is 220 Å². The zero-order chi connectivity index (χ0) is 39.8. The van der Waals surface area contributed by atoms with Gasteiger partial charge in [-0.05, 0) is 95.8 Å². The van der Waals surface area contributed by atoms with Crippen LogP contribution in [0.5, 0.6) is 0 Å². The summed E-state index contributed by atoms with van der Waals surface area (Å²) in [6, 6.07) is -0.0919. The molecule has 1 spiro atoms. The molecular formula is C48H92N2O5. The van der Waals surface area contributed by atoms with E-state index in [0.717, 1.165) is 96.7 Å². The zero-order valence-corrected chi connectivity index (χ0v) is 37.1. The highest BCUT2D eigenvalue weighted by Crippen LogP contribution is 2.41. The number of nitrogens with zero attached hydrogens (tertiary/aromatic N) is 2. The highest BCUT2D eigenvalue weighted by atomic mass is 16.5. The summed E-state index contributed by atoms with van der Waals surface area (Å²) in [6.45, 7) is 15.3. The molecule has 0 saturated carbocycles. The number of ether oxygens (including phenoxy) is 2. The van der Waals surface area contributed by atoms with Crippen molar-refractivity contribution in [2.75, 3.05) is 52.5 Å². The fraction of sp³-hybridized carbons (Fsp3) is 0.958. The lowest BCUT2D eigenvalue weighted by Gasteiger charge is -2.42. The van der Waals surface area contributed by atoms with E-state index in [1.54, 1.807) is 0 Å². The maximum absolute atomic E-state index is 13.8. The van der Waals surface area contributed by atoms with E-state index in [9.17, 15) is 14.7 Å². The van der Waals surface area contributed by atoms with E-state index < -0.39 is 0 Å². The van der Waals surface area contributed by atoms with Gasteiger partial charge in [0, 0.05) is 13.2 Å². The number of hydrogen-bond acceptors (Lipinski definition) is 7. The number of hydrogen-bond donors (Lipinski definition) is 1. The fourth-order valence-corrected chi connectivity index (χ4v) is 9.20. The lowest BCUT2D eigenvalue weighted by Crippen LogP contribution is -2.50. The molecule has 0 unspecified atom stereocenters. The van der Waals surface area contributed by atoms with Crippen molar-refractivity contribution in [2.24, 2.45) is 17.3 Å². The molecule has 55 heavy (non-hydrogen) atoms. The Bertz CT molecular complexity index is 846. The Kier molecular flexibility index (Phi) is 29.7. The molecule has 0 aliphatic carbocycles. The lowest BCUT2D eigenvalue weighted by atomic mass is 9.77. The Morgan fingerprint density at radius 3 is 1.31 bits per heavy atom. The molecule has 0 atom stereocenters. The number of piperidine rings is 1. The van der Waals surface area contributed by atoms with Crippen molar-refractivity contribution in [3.05, 3.63) is 0 Å². The van der Waals surface area contributed by atoms with E-state index in [2.05, 4.69) is 37.5 Å². The van der Waals surface area contributed by atoms with Gasteiger partial charge in [0.1, 0.15) is 13.2 Å². The minimum absolute atomic E-state index is 0.0253. The quantitative estimate of drug-likeness (QED) is 0.0501. The Morgan fingerprint density at radius 2 is 0.909 bits per heavy atom. The van der Waals surface area contributed by atoms with E-state index in [1.165, 1.54) is 129 Å². The monoisotopic (exact) mass is 777 g/mol. The summed E-state index contributed by atoms with van der Waals surface area (Å²) >= 11 is 0. The average molecular weight is 777 g/mol. The third kappa shape index (κ3) is 22.5. The minimum Gasteiger partial charge on any atom is -0.464 e. The lowest BCUT2D eigenvalue weighted by molar-refractivity contribution is -0.156.